The number of hydrogen-bond donors (Lipinski definition) is 0. The van der Waals surface area contributed by atoms with Crippen LogP contribution in [0.1, 0.15) is 5.56 Å². The Hall–Kier alpha value is -2.68. The van der Waals surface area contributed by atoms with E-state index in [1.165, 1.54) is 28.4 Å². The maximum absolute atomic E-state index is 13.1. The average Bonchev–Trinajstić information content (AvgIpc) is 2.85. The van der Waals surface area contributed by atoms with Crippen molar-refractivity contribution in [1.82, 2.24) is 9.55 Å². The summed E-state index contributed by atoms with van der Waals surface area (Å²) in [7, 11) is 0. The minimum atomic E-state index is -0.206. The van der Waals surface area contributed by atoms with E-state index >= 15 is 0 Å². The molecule has 0 atom stereocenters. The molecule has 0 aliphatic heterocycles. The third-order valence-electron chi connectivity index (χ3n) is 3.83. The van der Waals surface area contributed by atoms with Crippen molar-refractivity contribution < 1.29 is 4.39 Å². The van der Waals surface area contributed by atoms with Gasteiger partial charge in [-0.25, -0.2) is 4.39 Å². The maximum atomic E-state index is 13.1. The number of benzene rings is 2. The largest absolute Gasteiger partial charge is 0.335 e. The van der Waals surface area contributed by atoms with E-state index in [0.29, 0.717) is 6.54 Å². The lowest BCUT2D eigenvalue weighted by Crippen LogP contribution is -1.99. The number of nitrogens with zero attached hydrogens (tertiary/aromatic N) is 2. The Morgan fingerprint density at radius 1 is 0.857 bits per heavy atom. The third-order valence-corrected chi connectivity index (χ3v) is 3.83. The van der Waals surface area contributed by atoms with E-state index in [1.807, 2.05) is 42.7 Å². The molecule has 21 heavy (non-hydrogen) atoms. The third kappa shape index (κ3) is 1.98. The number of fused-ring (bicyclic) bond motifs is 3. The first-order chi connectivity index (χ1) is 10.3. The van der Waals surface area contributed by atoms with Crippen LogP contribution >= 0.6 is 0 Å². The van der Waals surface area contributed by atoms with Gasteiger partial charge in [0.25, 0.3) is 0 Å². The summed E-state index contributed by atoms with van der Waals surface area (Å²) in [6.07, 6.45) is 3.70. The molecule has 2 aromatic carbocycles. The van der Waals surface area contributed by atoms with Crippen molar-refractivity contribution in [2.45, 2.75) is 6.54 Å². The Balaban J connectivity index is 1.95. The van der Waals surface area contributed by atoms with Crippen molar-refractivity contribution in [2.24, 2.45) is 0 Å². The highest BCUT2D eigenvalue weighted by Crippen LogP contribution is 2.28. The Bertz CT molecular complexity index is 870. The lowest BCUT2D eigenvalue weighted by Gasteiger charge is -2.07. The van der Waals surface area contributed by atoms with Crippen LogP contribution in [0, 0.1) is 5.82 Å². The smallest absolute Gasteiger partial charge is 0.123 e. The highest BCUT2D eigenvalue weighted by molar-refractivity contribution is 6.07. The van der Waals surface area contributed by atoms with Gasteiger partial charge in [0.1, 0.15) is 5.82 Å². The molecule has 0 amide bonds. The van der Waals surface area contributed by atoms with E-state index in [9.17, 15) is 4.39 Å². The van der Waals surface area contributed by atoms with Gasteiger partial charge in [0.15, 0.2) is 0 Å². The second kappa shape index (κ2) is 4.70. The van der Waals surface area contributed by atoms with Gasteiger partial charge >= 0.3 is 0 Å². The molecular formula is C18H13FN2. The van der Waals surface area contributed by atoms with Gasteiger partial charge in [0.2, 0.25) is 0 Å². The zero-order valence-electron chi connectivity index (χ0n) is 11.3. The van der Waals surface area contributed by atoms with Gasteiger partial charge in [0.05, 0.1) is 11.7 Å². The molecule has 4 aromatic rings. The summed E-state index contributed by atoms with van der Waals surface area (Å²) in [4.78, 5) is 4.24. The molecule has 0 radical (unpaired) electrons. The van der Waals surface area contributed by atoms with Gasteiger partial charge < -0.3 is 4.57 Å². The van der Waals surface area contributed by atoms with Crippen LogP contribution in [0.2, 0.25) is 0 Å². The summed E-state index contributed by atoms with van der Waals surface area (Å²) in [6.45, 7) is 0.704. The molecule has 2 aromatic heterocycles. The fraction of sp³-hybridized carbons (Fsp3) is 0.0556. The van der Waals surface area contributed by atoms with Crippen molar-refractivity contribution >= 4 is 21.8 Å². The number of hydrogen-bond acceptors (Lipinski definition) is 1. The fourth-order valence-corrected chi connectivity index (χ4v) is 2.84. The average molecular weight is 276 g/mol. The highest BCUT2D eigenvalue weighted by Gasteiger charge is 2.10. The second-order valence-electron chi connectivity index (χ2n) is 5.12. The summed E-state index contributed by atoms with van der Waals surface area (Å²) < 4.78 is 15.3. The van der Waals surface area contributed by atoms with Gasteiger partial charge in [-0.15, -0.1) is 0 Å². The molecule has 0 spiro atoms. The lowest BCUT2D eigenvalue weighted by atomic mass is 10.2. The topological polar surface area (TPSA) is 17.8 Å². The zero-order chi connectivity index (χ0) is 14.2. The molecule has 0 bridgehead atoms. The van der Waals surface area contributed by atoms with Crippen LogP contribution in [0.3, 0.4) is 0 Å². The molecule has 0 saturated carbocycles. The number of aromatic nitrogens is 2. The van der Waals surface area contributed by atoms with Crippen LogP contribution in [0.15, 0.2) is 67.0 Å². The minimum Gasteiger partial charge on any atom is -0.335 e. The summed E-state index contributed by atoms with van der Waals surface area (Å²) in [5, 5.41) is 2.42. The fourth-order valence-electron chi connectivity index (χ4n) is 2.84. The summed E-state index contributed by atoms with van der Waals surface area (Å²) in [5.74, 6) is -0.206. The monoisotopic (exact) mass is 276 g/mol. The van der Waals surface area contributed by atoms with E-state index in [1.54, 1.807) is 0 Å². The van der Waals surface area contributed by atoms with Crippen molar-refractivity contribution in [1.29, 1.82) is 0 Å². The Morgan fingerprint density at radius 2 is 1.62 bits per heavy atom. The molecule has 0 saturated heterocycles. The number of halogens is 1. The number of para-hydroxylation sites is 1. The molecule has 102 valence electrons. The molecule has 0 unspecified atom stereocenters. The summed E-state index contributed by atoms with van der Waals surface area (Å²) in [6, 6.07) is 17.0. The summed E-state index contributed by atoms with van der Waals surface area (Å²) >= 11 is 0. The van der Waals surface area contributed by atoms with E-state index < -0.39 is 0 Å². The maximum Gasteiger partial charge on any atom is 0.123 e. The van der Waals surface area contributed by atoms with Gasteiger partial charge in [-0.1, -0.05) is 30.3 Å². The van der Waals surface area contributed by atoms with Gasteiger partial charge in [-0.3, -0.25) is 4.98 Å². The van der Waals surface area contributed by atoms with Crippen LogP contribution in [-0.4, -0.2) is 9.55 Å². The van der Waals surface area contributed by atoms with Gasteiger partial charge in [-0.05, 0) is 29.8 Å². The lowest BCUT2D eigenvalue weighted by molar-refractivity contribution is 0.626. The van der Waals surface area contributed by atoms with E-state index in [4.69, 9.17) is 0 Å². The van der Waals surface area contributed by atoms with Crippen molar-refractivity contribution in [3.63, 3.8) is 0 Å². The second-order valence-corrected chi connectivity index (χ2v) is 5.12. The molecule has 0 aliphatic carbocycles. The Morgan fingerprint density at radius 3 is 2.48 bits per heavy atom. The first-order valence-corrected chi connectivity index (χ1v) is 6.88. The van der Waals surface area contributed by atoms with Gasteiger partial charge in [-0.2, -0.15) is 0 Å². The SMILES string of the molecule is Fc1ccc(Cn2c3ccccc3c3ccncc32)cc1. The molecule has 0 fully saturated rings. The molecule has 0 aliphatic rings. The molecule has 2 heterocycles. The molecule has 4 rings (SSSR count). The zero-order valence-corrected chi connectivity index (χ0v) is 11.3. The van der Waals surface area contributed by atoms with E-state index in [2.05, 4.69) is 21.7 Å². The van der Waals surface area contributed by atoms with Crippen molar-refractivity contribution in [3.8, 4) is 0 Å². The van der Waals surface area contributed by atoms with Crippen LogP contribution in [-0.2, 0) is 6.54 Å². The first-order valence-electron chi connectivity index (χ1n) is 6.88. The van der Waals surface area contributed by atoms with Crippen LogP contribution in [0.4, 0.5) is 4.39 Å². The molecular weight excluding hydrogens is 263 g/mol. The standard InChI is InChI=1S/C18H13FN2/c19-14-7-5-13(6-8-14)12-21-17-4-2-1-3-15(17)16-9-10-20-11-18(16)21/h1-11H,12H2. The van der Waals surface area contributed by atoms with Crippen LogP contribution < -0.4 is 0 Å². The Labute approximate surface area is 121 Å². The van der Waals surface area contributed by atoms with E-state index in [-0.39, 0.29) is 5.82 Å². The minimum absolute atomic E-state index is 0.206. The normalized spacial score (nSPS) is 11.3. The molecule has 3 heteroatoms. The van der Waals surface area contributed by atoms with Crippen LogP contribution in [0.25, 0.3) is 21.8 Å². The quantitative estimate of drug-likeness (QED) is 0.531. The van der Waals surface area contributed by atoms with Crippen LogP contribution in [0.5, 0.6) is 0 Å². The Kier molecular flexibility index (Phi) is 2.71. The number of rotatable bonds is 2. The predicted molar refractivity (Wildman–Crippen MR) is 82.7 cm³/mol. The summed E-state index contributed by atoms with van der Waals surface area (Å²) in [5.41, 5.74) is 3.34. The van der Waals surface area contributed by atoms with E-state index in [0.717, 1.165) is 11.1 Å². The van der Waals surface area contributed by atoms with Crippen molar-refractivity contribution in [2.75, 3.05) is 0 Å². The molecule has 0 N–H and O–H groups in total. The highest BCUT2D eigenvalue weighted by atomic mass is 19.1. The predicted octanol–water partition coefficient (Wildman–Crippen LogP) is 4.38. The molecule has 2 nitrogen and oxygen atoms in total. The first kappa shape index (κ1) is 12.1. The number of pyridine rings is 1. The van der Waals surface area contributed by atoms with Gasteiger partial charge in [0, 0.05) is 29.0 Å². The van der Waals surface area contributed by atoms with Crippen molar-refractivity contribution in [3.05, 3.63) is 78.4 Å².